The average Bonchev–Trinajstić information content (AvgIpc) is 3.60. The molecule has 1 saturated carbocycles. The molecule has 2 heterocycles. The highest BCUT2D eigenvalue weighted by atomic mass is 32.2. The van der Waals surface area contributed by atoms with E-state index in [9.17, 15) is 22.0 Å². The Morgan fingerprint density at radius 1 is 1.16 bits per heavy atom. The number of anilines is 2. The highest BCUT2D eigenvalue weighted by molar-refractivity contribution is 7.92. The van der Waals surface area contributed by atoms with E-state index in [1.54, 1.807) is 0 Å². The first-order chi connectivity index (χ1) is 17.7. The second kappa shape index (κ2) is 9.39. The van der Waals surface area contributed by atoms with Gasteiger partial charge >= 0.3 is 0 Å². The van der Waals surface area contributed by atoms with E-state index in [4.69, 9.17) is 4.74 Å². The van der Waals surface area contributed by atoms with Gasteiger partial charge in [0.2, 0.25) is 5.78 Å². The lowest BCUT2D eigenvalue weighted by Crippen LogP contribution is -2.17. The molecule has 0 radical (unpaired) electrons. The van der Waals surface area contributed by atoms with Gasteiger partial charge in [-0.05, 0) is 49.1 Å². The summed E-state index contributed by atoms with van der Waals surface area (Å²) in [5.41, 5.74) is -1.51. The maximum absolute atomic E-state index is 15.5. The Morgan fingerprint density at radius 2 is 1.95 bits per heavy atom. The maximum atomic E-state index is 15.5. The van der Waals surface area contributed by atoms with Crippen LogP contribution in [0.3, 0.4) is 0 Å². The predicted octanol–water partition coefficient (Wildman–Crippen LogP) is 4.24. The van der Waals surface area contributed by atoms with Crippen molar-refractivity contribution in [3.8, 4) is 5.75 Å². The summed E-state index contributed by atoms with van der Waals surface area (Å²) in [5, 5.41) is 3.39. The van der Waals surface area contributed by atoms with E-state index in [0.29, 0.717) is 24.3 Å². The number of ketones is 1. The molecule has 5 rings (SSSR count). The number of nitrogens with one attached hydrogen (secondary N) is 3. The van der Waals surface area contributed by atoms with Crippen LogP contribution in [0.25, 0.3) is 11.0 Å². The lowest BCUT2D eigenvalue weighted by molar-refractivity contribution is 0.103. The minimum absolute atomic E-state index is 0.0986. The number of carbonyl (C=O) groups excluding carboxylic acids is 1. The molecule has 1 fully saturated rings. The van der Waals surface area contributed by atoms with Crippen molar-refractivity contribution in [1.82, 2.24) is 15.0 Å². The first-order valence-electron chi connectivity index (χ1n) is 11.1. The molecule has 1 aliphatic carbocycles. The predicted molar refractivity (Wildman–Crippen MR) is 129 cm³/mol. The molecule has 0 saturated heterocycles. The number of carbonyl (C=O) groups is 1. The van der Waals surface area contributed by atoms with Crippen LogP contribution in [0, 0.1) is 23.4 Å². The molecule has 3 N–H and O–H groups in total. The number of benzene rings is 2. The zero-order valence-corrected chi connectivity index (χ0v) is 20.1. The molecular formula is C24H20F3N5O4S. The van der Waals surface area contributed by atoms with Crippen LogP contribution in [-0.2, 0) is 10.0 Å². The maximum Gasteiger partial charge on any atom is 0.265 e. The molecule has 9 nitrogen and oxygen atoms in total. The van der Waals surface area contributed by atoms with Gasteiger partial charge in [0.1, 0.15) is 40.1 Å². The van der Waals surface area contributed by atoms with E-state index in [1.807, 2.05) is 4.72 Å². The van der Waals surface area contributed by atoms with Crippen LogP contribution in [0.15, 0.2) is 47.8 Å². The number of hydrogen-bond acceptors (Lipinski definition) is 7. The van der Waals surface area contributed by atoms with Crippen LogP contribution in [0.4, 0.5) is 24.7 Å². The van der Waals surface area contributed by atoms with Gasteiger partial charge in [0.25, 0.3) is 10.0 Å². The lowest BCUT2D eigenvalue weighted by atomic mass is 10.0. The van der Waals surface area contributed by atoms with Crippen molar-refractivity contribution in [2.45, 2.75) is 17.7 Å². The summed E-state index contributed by atoms with van der Waals surface area (Å²) in [5.74, 6) is -3.94. The van der Waals surface area contributed by atoms with Crippen molar-refractivity contribution in [3.63, 3.8) is 0 Å². The molecule has 37 heavy (non-hydrogen) atoms. The monoisotopic (exact) mass is 531 g/mol. The Kier molecular flexibility index (Phi) is 6.23. The highest BCUT2D eigenvalue weighted by Crippen LogP contribution is 2.33. The number of nitrogens with zero attached hydrogens (tertiary/aromatic N) is 2. The van der Waals surface area contributed by atoms with Crippen LogP contribution >= 0.6 is 0 Å². The standard InChI is InChI=1S/C24H20F3N5O4S/c1-36-17-7-4-13(25)8-18(17)37(34,35)32-16-6-5-15(26)20(21(16)27)22(33)14-10-29-24-19(14)23(30-11-31-24)28-9-12-2-3-12/h4-8,10-12,32H,2-3,9H2,1H3,(H2,28,29,30,31). The molecule has 0 bridgehead atoms. The average molecular weight is 532 g/mol. The minimum atomic E-state index is -4.59. The molecule has 2 aromatic heterocycles. The van der Waals surface area contributed by atoms with Crippen molar-refractivity contribution < 1.29 is 31.1 Å². The number of fused-ring (bicyclic) bond motifs is 1. The number of H-pyrrole nitrogens is 1. The number of rotatable bonds is 9. The number of hydrogen-bond donors (Lipinski definition) is 3. The van der Waals surface area contributed by atoms with E-state index >= 15 is 4.39 Å². The molecule has 0 aliphatic heterocycles. The summed E-state index contributed by atoms with van der Waals surface area (Å²) in [6.07, 6.45) is 4.69. The van der Waals surface area contributed by atoms with E-state index in [2.05, 4.69) is 20.3 Å². The summed E-state index contributed by atoms with van der Waals surface area (Å²) in [6.45, 7) is 0.619. The summed E-state index contributed by atoms with van der Waals surface area (Å²) in [6, 6.07) is 4.36. The topological polar surface area (TPSA) is 126 Å². The second-order valence-corrected chi connectivity index (χ2v) is 10.1. The molecule has 2 aromatic carbocycles. The van der Waals surface area contributed by atoms with E-state index < -0.39 is 49.4 Å². The number of aromatic amines is 1. The fourth-order valence-corrected chi connectivity index (χ4v) is 5.11. The van der Waals surface area contributed by atoms with Gasteiger partial charge in [0.15, 0.2) is 5.82 Å². The van der Waals surface area contributed by atoms with Crippen molar-refractivity contribution >= 4 is 38.3 Å². The van der Waals surface area contributed by atoms with Crippen molar-refractivity contribution in [2.75, 3.05) is 23.7 Å². The zero-order chi connectivity index (χ0) is 26.3. The Hall–Kier alpha value is -4.13. The second-order valence-electron chi connectivity index (χ2n) is 8.49. The van der Waals surface area contributed by atoms with Crippen LogP contribution < -0.4 is 14.8 Å². The number of methoxy groups -OCH3 is 1. The van der Waals surface area contributed by atoms with Gasteiger partial charge < -0.3 is 15.0 Å². The quantitative estimate of drug-likeness (QED) is 0.276. The van der Waals surface area contributed by atoms with Crippen molar-refractivity contribution in [1.29, 1.82) is 0 Å². The molecule has 1 aliphatic rings. The van der Waals surface area contributed by atoms with Gasteiger partial charge in [-0.2, -0.15) is 0 Å². The van der Waals surface area contributed by atoms with Gasteiger partial charge in [0.05, 0.1) is 29.3 Å². The smallest absolute Gasteiger partial charge is 0.265 e. The number of aromatic nitrogens is 3. The first kappa shape index (κ1) is 24.6. The molecule has 0 unspecified atom stereocenters. The van der Waals surface area contributed by atoms with Gasteiger partial charge in [0, 0.05) is 12.7 Å². The van der Waals surface area contributed by atoms with E-state index in [0.717, 1.165) is 37.1 Å². The Bertz CT molecular complexity index is 1640. The minimum Gasteiger partial charge on any atom is -0.495 e. The fourth-order valence-electron chi connectivity index (χ4n) is 3.87. The Balaban J connectivity index is 1.53. The normalized spacial score (nSPS) is 13.5. The molecule has 0 atom stereocenters. The molecule has 4 aromatic rings. The molecule has 0 spiro atoms. The van der Waals surface area contributed by atoms with Gasteiger partial charge in [-0.1, -0.05) is 0 Å². The van der Waals surface area contributed by atoms with Gasteiger partial charge in [-0.15, -0.1) is 0 Å². The van der Waals surface area contributed by atoms with Crippen LogP contribution in [-0.4, -0.2) is 42.8 Å². The number of ether oxygens (including phenoxy) is 1. The summed E-state index contributed by atoms with van der Waals surface area (Å²) >= 11 is 0. The van der Waals surface area contributed by atoms with Crippen LogP contribution in [0.1, 0.15) is 28.8 Å². The van der Waals surface area contributed by atoms with Crippen LogP contribution in [0.5, 0.6) is 5.75 Å². The van der Waals surface area contributed by atoms with Crippen molar-refractivity contribution in [3.05, 3.63) is 71.4 Å². The van der Waals surface area contributed by atoms with E-state index in [1.165, 1.54) is 19.6 Å². The summed E-state index contributed by atoms with van der Waals surface area (Å²) < 4.78 is 76.7. The summed E-state index contributed by atoms with van der Waals surface area (Å²) in [4.78, 5) is 23.8. The van der Waals surface area contributed by atoms with Crippen molar-refractivity contribution in [2.24, 2.45) is 5.92 Å². The molecular weight excluding hydrogens is 511 g/mol. The van der Waals surface area contributed by atoms with Crippen LogP contribution in [0.2, 0.25) is 0 Å². The van der Waals surface area contributed by atoms with E-state index in [-0.39, 0.29) is 22.3 Å². The van der Waals surface area contributed by atoms with Gasteiger partial charge in [-0.3, -0.25) is 9.52 Å². The third-order valence-corrected chi connectivity index (χ3v) is 7.33. The molecule has 192 valence electrons. The first-order valence-corrected chi connectivity index (χ1v) is 12.6. The largest absolute Gasteiger partial charge is 0.495 e. The molecule has 13 heteroatoms. The number of halogens is 3. The zero-order valence-electron chi connectivity index (χ0n) is 19.3. The summed E-state index contributed by atoms with van der Waals surface area (Å²) in [7, 11) is -3.41. The Labute approximate surface area is 209 Å². The Morgan fingerprint density at radius 3 is 2.68 bits per heavy atom. The third-order valence-electron chi connectivity index (χ3n) is 5.95. The fraction of sp³-hybridized carbons (Fsp3) is 0.208. The molecule has 0 amide bonds. The third kappa shape index (κ3) is 4.69. The lowest BCUT2D eigenvalue weighted by Gasteiger charge is -2.14. The number of sulfonamides is 1. The van der Waals surface area contributed by atoms with Gasteiger partial charge in [-0.25, -0.2) is 31.6 Å². The SMILES string of the molecule is COc1ccc(F)cc1S(=O)(=O)Nc1ccc(F)c(C(=O)c2c[nH]c3ncnc(NCC4CC4)c23)c1F. The highest BCUT2D eigenvalue weighted by Gasteiger charge is 2.29.